The number of carbonyl (C=O) groups excluding carboxylic acids is 1. The number of imidazole rings is 1. The maximum absolute atomic E-state index is 12.1. The molecule has 2 heterocycles. The van der Waals surface area contributed by atoms with E-state index in [-0.39, 0.29) is 6.03 Å². The topological polar surface area (TPSA) is 59.4 Å². The summed E-state index contributed by atoms with van der Waals surface area (Å²) in [5, 5.41) is 3.00. The molecular formula is C16H20N4O2. The van der Waals surface area contributed by atoms with E-state index in [0.717, 1.165) is 12.1 Å². The van der Waals surface area contributed by atoms with Crippen molar-refractivity contribution in [2.75, 3.05) is 26.3 Å². The molecule has 0 atom stereocenters. The number of amides is 2. The van der Waals surface area contributed by atoms with E-state index in [2.05, 4.69) is 16.4 Å². The van der Waals surface area contributed by atoms with Crippen LogP contribution in [0.2, 0.25) is 0 Å². The number of urea groups is 1. The second-order valence-corrected chi connectivity index (χ2v) is 5.26. The molecule has 6 nitrogen and oxygen atoms in total. The molecule has 0 aliphatic carbocycles. The van der Waals surface area contributed by atoms with Gasteiger partial charge in [-0.2, -0.15) is 0 Å². The lowest BCUT2D eigenvalue weighted by Gasteiger charge is -2.27. The van der Waals surface area contributed by atoms with Crippen LogP contribution in [0.5, 0.6) is 0 Å². The van der Waals surface area contributed by atoms with Gasteiger partial charge >= 0.3 is 6.03 Å². The maximum Gasteiger partial charge on any atom is 0.317 e. The Morgan fingerprint density at radius 1 is 1.23 bits per heavy atom. The van der Waals surface area contributed by atoms with E-state index in [0.29, 0.717) is 32.8 Å². The summed E-state index contributed by atoms with van der Waals surface area (Å²) in [7, 11) is 0. The van der Waals surface area contributed by atoms with E-state index in [1.807, 2.05) is 29.0 Å². The van der Waals surface area contributed by atoms with Crippen molar-refractivity contribution in [3.05, 3.63) is 54.1 Å². The Hall–Kier alpha value is -2.34. The molecule has 2 amide bonds. The number of nitrogens with one attached hydrogen (secondary N) is 1. The zero-order valence-electron chi connectivity index (χ0n) is 12.4. The van der Waals surface area contributed by atoms with E-state index >= 15 is 0 Å². The molecule has 1 aromatic carbocycles. The Morgan fingerprint density at radius 3 is 2.73 bits per heavy atom. The van der Waals surface area contributed by atoms with Gasteiger partial charge in [-0.3, -0.25) is 0 Å². The van der Waals surface area contributed by atoms with E-state index in [1.54, 1.807) is 17.4 Å². The van der Waals surface area contributed by atoms with Crippen LogP contribution in [0.4, 0.5) is 4.79 Å². The van der Waals surface area contributed by atoms with Gasteiger partial charge in [-0.1, -0.05) is 24.3 Å². The SMILES string of the molecule is O=C(NCc1ccccc1Cn1ccnc1)N1CCOCC1. The van der Waals surface area contributed by atoms with Crippen LogP contribution in [-0.2, 0) is 17.8 Å². The second-order valence-electron chi connectivity index (χ2n) is 5.26. The number of hydrogen-bond donors (Lipinski definition) is 1. The summed E-state index contributed by atoms with van der Waals surface area (Å²) in [6.45, 7) is 3.82. The highest BCUT2D eigenvalue weighted by molar-refractivity contribution is 5.74. The molecule has 6 heteroatoms. The van der Waals surface area contributed by atoms with Crippen molar-refractivity contribution in [2.24, 2.45) is 0 Å². The molecule has 1 saturated heterocycles. The van der Waals surface area contributed by atoms with Crippen LogP contribution < -0.4 is 5.32 Å². The quantitative estimate of drug-likeness (QED) is 0.930. The Balaban J connectivity index is 1.61. The highest BCUT2D eigenvalue weighted by Crippen LogP contribution is 2.11. The third kappa shape index (κ3) is 3.65. The first kappa shape index (κ1) is 14.6. The molecule has 1 N–H and O–H groups in total. The molecule has 1 aliphatic heterocycles. The summed E-state index contributed by atoms with van der Waals surface area (Å²) in [5.41, 5.74) is 2.31. The number of benzene rings is 1. The van der Waals surface area contributed by atoms with Crippen LogP contribution in [0.1, 0.15) is 11.1 Å². The number of carbonyl (C=O) groups is 1. The summed E-state index contributed by atoms with van der Waals surface area (Å²) < 4.78 is 7.28. The zero-order chi connectivity index (χ0) is 15.2. The van der Waals surface area contributed by atoms with Crippen molar-refractivity contribution < 1.29 is 9.53 Å². The Labute approximate surface area is 129 Å². The summed E-state index contributed by atoms with van der Waals surface area (Å²) in [6.07, 6.45) is 5.50. The van der Waals surface area contributed by atoms with Crippen LogP contribution in [-0.4, -0.2) is 46.8 Å². The third-order valence-electron chi connectivity index (χ3n) is 3.76. The number of morpholine rings is 1. The van der Waals surface area contributed by atoms with Gasteiger partial charge < -0.3 is 19.5 Å². The third-order valence-corrected chi connectivity index (χ3v) is 3.76. The number of ether oxygens (including phenoxy) is 1. The average Bonchev–Trinajstić information content (AvgIpc) is 3.07. The van der Waals surface area contributed by atoms with Crippen molar-refractivity contribution in [1.82, 2.24) is 19.8 Å². The van der Waals surface area contributed by atoms with Crippen molar-refractivity contribution in [3.63, 3.8) is 0 Å². The average molecular weight is 300 g/mol. The van der Waals surface area contributed by atoms with Crippen molar-refractivity contribution in [3.8, 4) is 0 Å². The number of hydrogen-bond acceptors (Lipinski definition) is 3. The second kappa shape index (κ2) is 7.09. The molecular weight excluding hydrogens is 280 g/mol. The molecule has 116 valence electrons. The Bertz CT molecular complexity index is 606. The van der Waals surface area contributed by atoms with Crippen LogP contribution in [0.15, 0.2) is 43.0 Å². The Morgan fingerprint density at radius 2 is 2.00 bits per heavy atom. The summed E-state index contributed by atoms with van der Waals surface area (Å²) in [4.78, 5) is 18.0. The predicted octanol–water partition coefficient (Wildman–Crippen LogP) is 1.47. The number of nitrogens with zero attached hydrogens (tertiary/aromatic N) is 3. The lowest BCUT2D eigenvalue weighted by atomic mass is 10.1. The van der Waals surface area contributed by atoms with Crippen molar-refractivity contribution in [2.45, 2.75) is 13.1 Å². The molecule has 0 unspecified atom stereocenters. The van der Waals surface area contributed by atoms with Crippen LogP contribution in [0.3, 0.4) is 0 Å². The molecule has 1 aliphatic rings. The number of aromatic nitrogens is 2. The first-order valence-corrected chi connectivity index (χ1v) is 7.46. The van der Waals surface area contributed by atoms with Gasteiger partial charge in [0.1, 0.15) is 0 Å². The molecule has 0 radical (unpaired) electrons. The largest absolute Gasteiger partial charge is 0.378 e. The number of rotatable bonds is 4. The van der Waals surface area contributed by atoms with Gasteiger partial charge in [0.15, 0.2) is 0 Å². The molecule has 22 heavy (non-hydrogen) atoms. The van der Waals surface area contributed by atoms with Crippen LogP contribution in [0.25, 0.3) is 0 Å². The van der Waals surface area contributed by atoms with Gasteiger partial charge in [0, 0.05) is 38.6 Å². The van der Waals surface area contributed by atoms with Crippen LogP contribution in [0, 0.1) is 0 Å². The standard InChI is InChI=1S/C16H20N4O2/c21-16(20-7-9-22-10-8-20)18-11-14-3-1-2-4-15(14)12-19-6-5-17-13-19/h1-6,13H,7-12H2,(H,18,21). The summed E-state index contributed by atoms with van der Waals surface area (Å²) in [5.74, 6) is 0. The fourth-order valence-electron chi connectivity index (χ4n) is 2.51. The first-order valence-electron chi connectivity index (χ1n) is 7.46. The molecule has 3 rings (SSSR count). The lowest BCUT2D eigenvalue weighted by molar-refractivity contribution is 0.0531. The first-order chi connectivity index (χ1) is 10.8. The monoisotopic (exact) mass is 300 g/mol. The van der Waals surface area contributed by atoms with Crippen LogP contribution >= 0.6 is 0 Å². The van der Waals surface area contributed by atoms with Gasteiger partial charge in [0.25, 0.3) is 0 Å². The van der Waals surface area contributed by atoms with Gasteiger partial charge in [-0.15, -0.1) is 0 Å². The lowest BCUT2D eigenvalue weighted by Crippen LogP contribution is -2.46. The maximum atomic E-state index is 12.1. The van der Waals surface area contributed by atoms with E-state index in [9.17, 15) is 4.79 Å². The highest BCUT2D eigenvalue weighted by Gasteiger charge is 2.16. The van der Waals surface area contributed by atoms with Gasteiger partial charge in [0.2, 0.25) is 0 Å². The van der Waals surface area contributed by atoms with Crippen molar-refractivity contribution in [1.29, 1.82) is 0 Å². The van der Waals surface area contributed by atoms with E-state index in [1.165, 1.54) is 5.56 Å². The molecule has 0 bridgehead atoms. The van der Waals surface area contributed by atoms with Gasteiger partial charge in [-0.05, 0) is 11.1 Å². The van der Waals surface area contributed by atoms with Gasteiger partial charge in [0.05, 0.1) is 19.5 Å². The Kier molecular flexibility index (Phi) is 4.70. The molecule has 1 aromatic heterocycles. The molecule has 0 saturated carbocycles. The molecule has 2 aromatic rings. The minimum Gasteiger partial charge on any atom is -0.378 e. The molecule has 0 spiro atoms. The van der Waals surface area contributed by atoms with E-state index < -0.39 is 0 Å². The smallest absolute Gasteiger partial charge is 0.317 e. The zero-order valence-corrected chi connectivity index (χ0v) is 12.4. The predicted molar refractivity (Wildman–Crippen MR) is 82.4 cm³/mol. The fourth-order valence-corrected chi connectivity index (χ4v) is 2.51. The summed E-state index contributed by atoms with van der Waals surface area (Å²) in [6, 6.07) is 8.11. The fraction of sp³-hybridized carbons (Fsp3) is 0.375. The van der Waals surface area contributed by atoms with Crippen molar-refractivity contribution >= 4 is 6.03 Å². The van der Waals surface area contributed by atoms with E-state index in [4.69, 9.17) is 4.74 Å². The highest BCUT2D eigenvalue weighted by atomic mass is 16.5. The minimum atomic E-state index is -0.0271. The van der Waals surface area contributed by atoms with Gasteiger partial charge in [-0.25, -0.2) is 9.78 Å². The summed E-state index contributed by atoms with van der Waals surface area (Å²) >= 11 is 0. The normalized spacial score (nSPS) is 14.8. The molecule has 1 fully saturated rings. The minimum absolute atomic E-state index is 0.0271.